The van der Waals surface area contributed by atoms with Crippen LogP contribution in [0.1, 0.15) is 23.1 Å². The molecule has 2 unspecified atom stereocenters. The molecule has 1 nitrogen and oxygen atoms in total. The van der Waals surface area contributed by atoms with Gasteiger partial charge in [0, 0.05) is 26.6 Å². The summed E-state index contributed by atoms with van der Waals surface area (Å²) in [4.78, 5) is 1.18. The Labute approximate surface area is 124 Å². The maximum Gasteiger partial charge on any atom is 0.129 e. The first kappa shape index (κ1) is 13.2. The van der Waals surface area contributed by atoms with Crippen LogP contribution in [0.25, 0.3) is 0 Å². The molecule has 1 N–H and O–H groups in total. The zero-order valence-electron chi connectivity index (χ0n) is 10.0. The number of hydrogen-bond acceptors (Lipinski definition) is 2. The molecule has 98 valence electrons. The third-order valence-electron chi connectivity index (χ3n) is 3.39. The van der Waals surface area contributed by atoms with Crippen LogP contribution in [0, 0.1) is 5.82 Å². The topological polar surface area (TPSA) is 20.2 Å². The van der Waals surface area contributed by atoms with E-state index in [1.54, 1.807) is 23.9 Å². The Morgan fingerprint density at radius 1 is 1.26 bits per heavy atom. The molecule has 1 aliphatic rings. The van der Waals surface area contributed by atoms with Crippen LogP contribution in [0.15, 0.2) is 51.8 Å². The van der Waals surface area contributed by atoms with Gasteiger partial charge in [-0.3, -0.25) is 0 Å². The molecule has 1 aliphatic heterocycles. The number of halogens is 2. The van der Waals surface area contributed by atoms with E-state index in [1.165, 1.54) is 11.0 Å². The molecule has 1 heterocycles. The summed E-state index contributed by atoms with van der Waals surface area (Å²) in [6, 6.07) is 12.7. The van der Waals surface area contributed by atoms with E-state index in [0.29, 0.717) is 5.56 Å². The van der Waals surface area contributed by atoms with Gasteiger partial charge in [-0.25, -0.2) is 4.39 Å². The fraction of sp³-hybridized carbons (Fsp3) is 0.200. The fourth-order valence-corrected chi connectivity index (χ4v) is 4.07. The normalized spacial score (nSPS) is 19.2. The van der Waals surface area contributed by atoms with E-state index in [-0.39, 0.29) is 11.7 Å². The average molecular weight is 339 g/mol. The zero-order valence-corrected chi connectivity index (χ0v) is 12.4. The van der Waals surface area contributed by atoms with E-state index in [9.17, 15) is 9.50 Å². The lowest BCUT2D eigenvalue weighted by molar-refractivity contribution is 0.149. The minimum atomic E-state index is -0.811. The number of rotatable bonds is 2. The van der Waals surface area contributed by atoms with Crippen LogP contribution in [0.4, 0.5) is 4.39 Å². The average Bonchev–Trinajstić information content (AvgIpc) is 2.84. The first-order valence-corrected chi connectivity index (χ1v) is 7.79. The second kappa shape index (κ2) is 5.27. The summed E-state index contributed by atoms with van der Waals surface area (Å²) in [5.74, 6) is 0.377. The van der Waals surface area contributed by atoms with Crippen molar-refractivity contribution >= 4 is 27.7 Å². The van der Waals surface area contributed by atoms with Crippen molar-refractivity contribution in [1.29, 1.82) is 0 Å². The third-order valence-corrected chi connectivity index (χ3v) is 5.10. The molecular formula is C15H12BrFOS. The Balaban J connectivity index is 1.97. The molecule has 0 aliphatic carbocycles. The smallest absolute Gasteiger partial charge is 0.129 e. The predicted molar refractivity (Wildman–Crippen MR) is 79.0 cm³/mol. The monoisotopic (exact) mass is 338 g/mol. The molecule has 0 aromatic heterocycles. The van der Waals surface area contributed by atoms with Gasteiger partial charge in [-0.05, 0) is 29.8 Å². The highest BCUT2D eigenvalue weighted by Crippen LogP contribution is 2.46. The highest BCUT2D eigenvalue weighted by molar-refractivity contribution is 9.10. The largest absolute Gasteiger partial charge is 0.388 e. The predicted octanol–water partition coefficient (Wildman–Crippen LogP) is 4.51. The van der Waals surface area contributed by atoms with Crippen molar-refractivity contribution in [2.75, 3.05) is 5.75 Å². The first-order chi connectivity index (χ1) is 9.16. The van der Waals surface area contributed by atoms with Crippen LogP contribution in [0.2, 0.25) is 0 Å². The highest BCUT2D eigenvalue weighted by Gasteiger charge is 2.31. The number of benzene rings is 2. The summed E-state index contributed by atoms with van der Waals surface area (Å²) < 4.78 is 14.6. The minimum absolute atomic E-state index is 0.0509. The number of hydrogen-bond donors (Lipinski definition) is 1. The first-order valence-electron chi connectivity index (χ1n) is 6.01. The van der Waals surface area contributed by atoms with Gasteiger partial charge in [0.1, 0.15) is 5.82 Å². The Kier molecular flexibility index (Phi) is 3.65. The van der Waals surface area contributed by atoms with Crippen molar-refractivity contribution in [3.05, 3.63) is 63.9 Å². The number of aliphatic hydroxyl groups excluding tert-OH is 1. The van der Waals surface area contributed by atoms with E-state index < -0.39 is 6.10 Å². The lowest BCUT2D eigenvalue weighted by atomic mass is 9.90. The molecule has 0 amide bonds. The minimum Gasteiger partial charge on any atom is -0.388 e. The number of fused-ring (bicyclic) bond motifs is 1. The van der Waals surface area contributed by atoms with E-state index in [4.69, 9.17) is 0 Å². The molecule has 2 atom stereocenters. The SMILES string of the molecule is OC(c1cc(Br)ccc1F)C1CSc2ccccc21. The van der Waals surface area contributed by atoms with Crippen molar-refractivity contribution in [2.45, 2.75) is 16.9 Å². The summed E-state index contributed by atoms with van der Waals surface area (Å²) in [5, 5.41) is 10.5. The van der Waals surface area contributed by atoms with Crippen LogP contribution < -0.4 is 0 Å². The van der Waals surface area contributed by atoms with Gasteiger partial charge in [-0.2, -0.15) is 0 Å². The molecular weight excluding hydrogens is 327 g/mol. The summed E-state index contributed by atoms with van der Waals surface area (Å²) in [5.41, 5.74) is 1.47. The molecule has 4 heteroatoms. The van der Waals surface area contributed by atoms with Gasteiger partial charge in [0.05, 0.1) is 6.10 Å². The van der Waals surface area contributed by atoms with Crippen molar-refractivity contribution in [1.82, 2.24) is 0 Å². The summed E-state index contributed by atoms with van der Waals surface area (Å²) in [7, 11) is 0. The standard InChI is InChI=1S/C15H12BrFOS/c16-9-5-6-13(17)11(7-9)15(18)12-8-19-14-4-2-1-3-10(12)14/h1-7,12,15,18H,8H2. The molecule has 0 fully saturated rings. The van der Waals surface area contributed by atoms with Gasteiger partial charge in [-0.15, -0.1) is 11.8 Å². The second-order valence-corrected chi connectivity index (χ2v) is 6.54. The van der Waals surface area contributed by atoms with E-state index in [2.05, 4.69) is 15.9 Å². The van der Waals surface area contributed by atoms with E-state index in [0.717, 1.165) is 15.8 Å². The molecule has 0 saturated heterocycles. The van der Waals surface area contributed by atoms with Crippen molar-refractivity contribution < 1.29 is 9.50 Å². The van der Waals surface area contributed by atoms with Crippen LogP contribution in [0.5, 0.6) is 0 Å². The Morgan fingerprint density at radius 3 is 2.89 bits per heavy atom. The van der Waals surface area contributed by atoms with Gasteiger partial charge >= 0.3 is 0 Å². The maximum atomic E-state index is 13.9. The van der Waals surface area contributed by atoms with Crippen LogP contribution in [-0.4, -0.2) is 10.9 Å². The highest BCUT2D eigenvalue weighted by atomic mass is 79.9. The second-order valence-electron chi connectivity index (χ2n) is 4.57. The van der Waals surface area contributed by atoms with Crippen molar-refractivity contribution in [3.63, 3.8) is 0 Å². The van der Waals surface area contributed by atoms with E-state index >= 15 is 0 Å². The zero-order chi connectivity index (χ0) is 13.4. The molecule has 0 radical (unpaired) electrons. The van der Waals surface area contributed by atoms with Gasteiger partial charge < -0.3 is 5.11 Å². The summed E-state index contributed by atoms with van der Waals surface area (Å²) in [6.45, 7) is 0. The summed E-state index contributed by atoms with van der Waals surface area (Å²) >= 11 is 5.04. The number of aliphatic hydroxyl groups is 1. The van der Waals surface area contributed by atoms with Gasteiger partial charge in [0.2, 0.25) is 0 Å². The van der Waals surface area contributed by atoms with Crippen LogP contribution >= 0.6 is 27.7 Å². The third kappa shape index (κ3) is 2.45. The fourth-order valence-electron chi connectivity index (χ4n) is 2.41. The van der Waals surface area contributed by atoms with Gasteiger partial charge in [0.15, 0.2) is 0 Å². The van der Waals surface area contributed by atoms with Crippen LogP contribution in [0.3, 0.4) is 0 Å². The van der Waals surface area contributed by atoms with Crippen molar-refractivity contribution in [2.24, 2.45) is 0 Å². The van der Waals surface area contributed by atoms with Crippen molar-refractivity contribution in [3.8, 4) is 0 Å². The summed E-state index contributed by atoms with van der Waals surface area (Å²) in [6.07, 6.45) is -0.811. The van der Waals surface area contributed by atoms with Gasteiger partial charge in [-0.1, -0.05) is 34.1 Å². The molecule has 0 spiro atoms. The molecule has 3 rings (SSSR count). The lowest BCUT2D eigenvalue weighted by Crippen LogP contribution is -2.12. The Morgan fingerprint density at radius 2 is 2.05 bits per heavy atom. The molecule has 2 aromatic rings. The molecule has 2 aromatic carbocycles. The maximum absolute atomic E-state index is 13.9. The van der Waals surface area contributed by atoms with E-state index in [1.807, 2.05) is 24.3 Å². The van der Waals surface area contributed by atoms with Gasteiger partial charge in [0.25, 0.3) is 0 Å². The molecule has 19 heavy (non-hydrogen) atoms. The lowest BCUT2D eigenvalue weighted by Gasteiger charge is -2.19. The molecule has 0 saturated carbocycles. The Hall–Kier alpha value is -0.840. The van der Waals surface area contributed by atoms with Crippen LogP contribution in [-0.2, 0) is 0 Å². The Bertz CT molecular complexity index is 617. The quantitative estimate of drug-likeness (QED) is 0.869. The number of thioether (sulfide) groups is 1. The molecule has 0 bridgehead atoms.